The van der Waals surface area contributed by atoms with Gasteiger partial charge in [0.25, 0.3) is 5.56 Å². The largest absolute Gasteiger partial charge is 0.697 e. The van der Waals surface area contributed by atoms with E-state index in [2.05, 4.69) is 38.8 Å². The first-order valence-corrected chi connectivity index (χ1v) is 14.1. The summed E-state index contributed by atoms with van der Waals surface area (Å²) >= 11 is 0. The second-order valence-corrected chi connectivity index (χ2v) is 14.7. The second kappa shape index (κ2) is 10.3. The van der Waals surface area contributed by atoms with Gasteiger partial charge in [-0.05, 0) is 25.1 Å². The molecule has 2 rings (SSSR count). The second-order valence-electron chi connectivity index (χ2n) is 9.02. The lowest BCUT2D eigenvalue weighted by atomic mass is 10.2. The molecular weight excluding hydrogens is 441 g/mol. The molecule has 172 valence electrons. The molecule has 0 saturated carbocycles. The predicted molar refractivity (Wildman–Crippen MR) is 116 cm³/mol. The van der Waals surface area contributed by atoms with Gasteiger partial charge in [0.1, 0.15) is 25.5 Å². The molecule has 1 aliphatic heterocycles. The highest BCUT2D eigenvalue weighted by atomic mass is 31.1. The summed E-state index contributed by atoms with van der Waals surface area (Å²) in [6.45, 7) is 12.1. The Labute approximate surface area is 183 Å². The van der Waals surface area contributed by atoms with Gasteiger partial charge in [-0.25, -0.2) is 4.79 Å². The van der Waals surface area contributed by atoms with Crippen molar-refractivity contribution in [3.63, 3.8) is 0 Å². The predicted octanol–water partition coefficient (Wildman–Crippen LogP) is 3.13. The molecule has 0 bridgehead atoms. The summed E-state index contributed by atoms with van der Waals surface area (Å²) in [5.41, 5.74) is -0.627. The van der Waals surface area contributed by atoms with Crippen molar-refractivity contribution in [1.29, 1.82) is 5.26 Å². The van der Waals surface area contributed by atoms with E-state index in [9.17, 15) is 14.2 Å². The first kappa shape index (κ1) is 25.6. The van der Waals surface area contributed by atoms with Gasteiger partial charge in [-0.15, -0.1) is 9.05 Å². The van der Waals surface area contributed by atoms with Crippen molar-refractivity contribution in [3.05, 3.63) is 32.6 Å². The zero-order valence-corrected chi connectivity index (χ0v) is 20.7. The molecule has 2 heterocycles. The molecule has 1 N–H and O–H groups in total. The number of hydrogen-bond donors (Lipinski definition) is 1. The van der Waals surface area contributed by atoms with E-state index in [1.165, 1.54) is 10.8 Å². The maximum atomic E-state index is 12.3. The third-order valence-electron chi connectivity index (χ3n) is 5.64. The quantitative estimate of drug-likeness (QED) is 0.329. The molecule has 0 radical (unpaired) electrons. The Kier molecular flexibility index (Phi) is 8.50. The number of nitrogens with one attached hydrogen (secondary N) is 1. The molecule has 10 nitrogen and oxygen atoms in total. The number of aromatic nitrogens is 2. The fourth-order valence-electron chi connectivity index (χ4n) is 2.84. The normalized spacial score (nSPS) is 22.4. The van der Waals surface area contributed by atoms with E-state index in [1.54, 1.807) is 6.92 Å². The molecule has 1 fully saturated rings. The summed E-state index contributed by atoms with van der Waals surface area (Å²) in [5.74, 6) is 0. The Morgan fingerprint density at radius 2 is 2.03 bits per heavy atom. The van der Waals surface area contributed by atoms with Crippen LogP contribution in [0.3, 0.4) is 0 Å². The van der Waals surface area contributed by atoms with Crippen LogP contribution in [-0.4, -0.2) is 43.3 Å². The van der Waals surface area contributed by atoms with Crippen molar-refractivity contribution < 1.29 is 22.8 Å². The Morgan fingerprint density at radius 1 is 1.35 bits per heavy atom. The van der Waals surface area contributed by atoms with Crippen LogP contribution in [0.1, 0.15) is 45.4 Å². The molecule has 0 aromatic carbocycles. The third-order valence-corrected chi connectivity index (χ3v) is 10.9. The molecule has 1 aliphatic rings. The number of H-pyrrole nitrogens is 1. The molecule has 12 heteroatoms. The SMILES string of the molecule is Cc1cn([C@H]2C[C@H](O[Si](C)(C)C(C)(C)C)[C@@H](CO[P+](=O)OCCC#N)O2)c(=O)[nH]c1=O. The van der Waals surface area contributed by atoms with Gasteiger partial charge in [0.2, 0.25) is 0 Å². The van der Waals surface area contributed by atoms with Crippen LogP contribution in [0.2, 0.25) is 18.1 Å². The Hall–Kier alpha value is -1.67. The molecule has 0 aliphatic carbocycles. The van der Waals surface area contributed by atoms with Gasteiger partial charge in [-0.2, -0.15) is 5.26 Å². The molecular formula is C19H31N3O7PSi+. The topological polar surface area (TPSA) is 133 Å². The van der Waals surface area contributed by atoms with Crippen LogP contribution in [0.4, 0.5) is 0 Å². The van der Waals surface area contributed by atoms with Crippen LogP contribution in [0.5, 0.6) is 0 Å². The lowest BCUT2D eigenvalue weighted by Gasteiger charge is -2.39. The van der Waals surface area contributed by atoms with Crippen molar-refractivity contribution >= 4 is 16.6 Å². The minimum absolute atomic E-state index is 0.00972. The monoisotopic (exact) mass is 472 g/mol. The highest BCUT2D eigenvalue weighted by molar-refractivity contribution is 7.33. The maximum absolute atomic E-state index is 12.3. The van der Waals surface area contributed by atoms with Gasteiger partial charge in [-0.3, -0.25) is 14.3 Å². The van der Waals surface area contributed by atoms with E-state index in [1.807, 2.05) is 6.07 Å². The highest BCUT2D eigenvalue weighted by Crippen LogP contribution is 2.41. The Balaban J connectivity index is 2.20. The lowest BCUT2D eigenvalue weighted by Crippen LogP contribution is -2.46. The minimum Gasteiger partial charge on any atom is -0.411 e. The summed E-state index contributed by atoms with van der Waals surface area (Å²) in [6, 6.07) is 1.90. The van der Waals surface area contributed by atoms with E-state index < -0.39 is 46.3 Å². The van der Waals surface area contributed by atoms with Crippen LogP contribution in [0.25, 0.3) is 0 Å². The summed E-state index contributed by atoms with van der Waals surface area (Å²) < 4.78 is 36.1. The number of rotatable bonds is 9. The Morgan fingerprint density at radius 3 is 2.65 bits per heavy atom. The average molecular weight is 473 g/mol. The fraction of sp³-hybridized carbons (Fsp3) is 0.737. The number of hydrogen-bond acceptors (Lipinski definition) is 8. The van der Waals surface area contributed by atoms with Crippen molar-refractivity contribution in [3.8, 4) is 6.07 Å². The molecule has 31 heavy (non-hydrogen) atoms. The molecule has 1 unspecified atom stereocenters. The van der Waals surface area contributed by atoms with Gasteiger partial charge in [0, 0.05) is 22.7 Å². The van der Waals surface area contributed by atoms with E-state index in [0.717, 1.165) is 0 Å². The van der Waals surface area contributed by atoms with Gasteiger partial charge in [-0.1, -0.05) is 20.8 Å². The number of ether oxygens (including phenoxy) is 1. The third kappa shape index (κ3) is 6.65. The van der Waals surface area contributed by atoms with Crippen LogP contribution < -0.4 is 11.2 Å². The summed E-state index contributed by atoms with van der Waals surface area (Å²) in [4.78, 5) is 26.3. The molecule has 1 aromatic rings. The molecule has 0 amide bonds. The van der Waals surface area contributed by atoms with Gasteiger partial charge < -0.3 is 9.16 Å². The lowest BCUT2D eigenvalue weighted by molar-refractivity contribution is -0.0399. The van der Waals surface area contributed by atoms with Crippen molar-refractivity contribution in [1.82, 2.24) is 9.55 Å². The van der Waals surface area contributed by atoms with Crippen LogP contribution >= 0.6 is 8.25 Å². The standard InChI is InChI=1S/C19H30N3O7PSi/c1-13-11-22(18(24)21-17(13)23)16-10-14(29-31(5,6)19(2,3)4)15(28-16)12-27-30(25)26-9-7-8-20/h11,14-16H,7,9-10,12H2,1-6H3/p+1/t14-,15+,16+/m0/s1. The number of aromatic amines is 1. The van der Waals surface area contributed by atoms with Gasteiger partial charge in [0.05, 0.1) is 18.6 Å². The summed E-state index contributed by atoms with van der Waals surface area (Å²) in [5, 5.41) is 8.49. The number of nitriles is 1. The van der Waals surface area contributed by atoms with E-state index >= 15 is 0 Å². The van der Waals surface area contributed by atoms with E-state index in [0.29, 0.717) is 12.0 Å². The Bertz CT molecular complexity index is 948. The van der Waals surface area contributed by atoms with Crippen molar-refractivity contribution in [2.45, 2.75) is 77.1 Å². The van der Waals surface area contributed by atoms with Crippen molar-refractivity contribution in [2.24, 2.45) is 0 Å². The smallest absolute Gasteiger partial charge is 0.411 e. The van der Waals surface area contributed by atoms with Crippen LogP contribution in [0, 0.1) is 18.3 Å². The molecule has 4 atom stereocenters. The first-order chi connectivity index (χ1) is 14.4. The first-order valence-electron chi connectivity index (χ1n) is 10.1. The summed E-state index contributed by atoms with van der Waals surface area (Å²) in [6.07, 6.45) is 0.299. The number of nitrogens with zero attached hydrogens (tertiary/aromatic N) is 2. The van der Waals surface area contributed by atoms with E-state index in [4.69, 9.17) is 23.5 Å². The molecule has 1 aromatic heterocycles. The van der Waals surface area contributed by atoms with Crippen molar-refractivity contribution in [2.75, 3.05) is 13.2 Å². The number of aryl methyl sites for hydroxylation is 1. The molecule has 0 spiro atoms. The molecule has 1 saturated heterocycles. The summed E-state index contributed by atoms with van der Waals surface area (Å²) in [7, 11) is -4.59. The highest BCUT2D eigenvalue weighted by Gasteiger charge is 2.46. The minimum atomic E-state index is -2.41. The van der Waals surface area contributed by atoms with Gasteiger partial charge in [0.15, 0.2) is 8.32 Å². The van der Waals surface area contributed by atoms with Gasteiger partial charge >= 0.3 is 13.9 Å². The maximum Gasteiger partial charge on any atom is 0.697 e. The van der Waals surface area contributed by atoms with Crippen LogP contribution in [0.15, 0.2) is 15.8 Å². The zero-order valence-electron chi connectivity index (χ0n) is 18.8. The fourth-order valence-corrected chi connectivity index (χ4v) is 4.78. The zero-order chi connectivity index (χ0) is 23.4. The van der Waals surface area contributed by atoms with E-state index in [-0.39, 0.29) is 24.7 Å². The van der Waals surface area contributed by atoms with Crippen LogP contribution in [-0.2, 0) is 22.8 Å². The average Bonchev–Trinajstić information content (AvgIpc) is 3.04.